The van der Waals surface area contributed by atoms with Gasteiger partial charge in [0, 0.05) is 23.2 Å². The van der Waals surface area contributed by atoms with E-state index in [9.17, 15) is 9.90 Å². The van der Waals surface area contributed by atoms with E-state index in [1.807, 2.05) is 4.68 Å². The zero-order chi connectivity index (χ0) is 22.1. The lowest BCUT2D eigenvalue weighted by atomic mass is 9.48. The van der Waals surface area contributed by atoms with E-state index >= 15 is 0 Å². The number of aryl methyl sites for hydroxylation is 2. The molecule has 0 unspecified atom stereocenters. The van der Waals surface area contributed by atoms with Crippen molar-refractivity contribution in [2.45, 2.75) is 92.2 Å². The van der Waals surface area contributed by atoms with Crippen LogP contribution in [-0.4, -0.2) is 26.8 Å². The average Bonchev–Trinajstić information content (AvgIpc) is 3.16. The third-order valence-corrected chi connectivity index (χ3v) is 9.77. The molecule has 31 heavy (non-hydrogen) atoms. The Bertz CT molecular complexity index is 986. The number of rotatable bonds is 2. The second-order valence-electron chi connectivity index (χ2n) is 11.2. The number of ketones is 1. The number of aromatic nitrogens is 2. The number of aliphatic hydroxyl groups is 1. The standard InChI is InChI=1S/C27H38N2O2/c1-6-29-17(3)22(16(2)28-29)13-18-14-24-21-8-7-19-15-20(30)9-11-26(19,4)23(21)10-12-27(24,5)25(18)31/h7,13,20-21,23-24,30H,6,8-12,14-15H2,1-5H3/b18-13-/t20-,21+,23-,24+,26+,27+/m1/s1. The molecule has 1 heterocycles. The van der Waals surface area contributed by atoms with Crippen molar-refractivity contribution in [3.63, 3.8) is 0 Å². The first-order valence-corrected chi connectivity index (χ1v) is 12.4. The summed E-state index contributed by atoms with van der Waals surface area (Å²) in [5.74, 6) is 2.06. The third kappa shape index (κ3) is 2.97. The molecule has 0 saturated heterocycles. The van der Waals surface area contributed by atoms with Crippen LogP contribution in [0.25, 0.3) is 6.08 Å². The number of nitrogens with zero attached hydrogens (tertiary/aromatic N) is 2. The Balaban J connectivity index is 1.49. The van der Waals surface area contributed by atoms with Gasteiger partial charge in [-0.05, 0) is 101 Å². The van der Waals surface area contributed by atoms with Crippen molar-refractivity contribution in [3.8, 4) is 0 Å². The van der Waals surface area contributed by atoms with Gasteiger partial charge in [-0.15, -0.1) is 0 Å². The first-order chi connectivity index (χ1) is 14.7. The number of fused-ring (bicyclic) bond motifs is 5. The maximum atomic E-state index is 13.7. The Morgan fingerprint density at radius 3 is 2.61 bits per heavy atom. The number of aliphatic hydroxyl groups excluding tert-OH is 1. The summed E-state index contributed by atoms with van der Waals surface area (Å²) in [4.78, 5) is 13.7. The maximum Gasteiger partial charge on any atom is 0.165 e. The van der Waals surface area contributed by atoms with E-state index in [0.717, 1.165) is 74.0 Å². The first-order valence-electron chi connectivity index (χ1n) is 12.4. The fraction of sp³-hybridized carbons (Fsp3) is 0.704. The van der Waals surface area contributed by atoms with Gasteiger partial charge in [0.25, 0.3) is 0 Å². The summed E-state index contributed by atoms with van der Waals surface area (Å²) in [6, 6.07) is 0. The monoisotopic (exact) mass is 422 g/mol. The van der Waals surface area contributed by atoms with Crippen molar-refractivity contribution in [2.24, 2.45) is 28.6 Å². The summed E-state index contributed by atoms with van der Waals surface area (Å²) in [7, 11) is 0. The molecule has 0 aromatic carbocycles. The van der Waals surface area contributed by atoms with Gasteiger partial charge >= 0.3 is 0 Å². The van der Waals surface area contributed by atoms with Gasteiger partial charge in [-0.1, -0.05) is 25.5 Å². The van der Waals surface area contributed by atoms with E-state index in [1.165, 1.54) is 5.57 Å². The highest BCUT2D eigenvalue weighted by Gasteiger charge is 2.59. The Labute approximate surface area is 186 Å². The van der Waals surface area contributed by atoms with Crippen molar-refractivity contribution >= 4 is 11.9 Å². The average molecular weight is 423 g/mol. The lowest BCUT2D eigenvalue weighted by Crippen LogP contribution is -2.50. The van der Waals surface area contributed by atoms with Crippen LogP contribution in [0.3, 0.4) is 0 Å². The highest BCUT2D eigenvalue weighted by molar-refractivity contribution is 6.06. The van der Waals surface area contributed by atoms with Crippen molar-refractivity contribution in [2.75, 3.05) is 0 Å². The fourth-order valence-corrected chi connectivity index (χ4v) is 7.84. The van der Waals surface area contributed by atoms with Crippen molar-refractivity contribution < 1.29 is 9.90 Å². The molecule has 3 fully saturated rings. The number of carbonyl (C=O) groups is 1. The van der Waals surface area contributed by atoms with Crippen molar-refractivity contribution in [3.05, 3.63) is 34.2 Å². The van der Waals surface area contributed by atoms with E-state index in [2.05, 4.69) is 51.9 Å². The highest BCUT2D eigenvalue weighted by Crippen LogP contribution is 2.64. The van der Waals surface area contributed by atoms with Crippen LogP contribution in [0.2, 0.25) is 0 Å². The van der Waals surface area contributed by atoms with Gasteiger partial charge in [-0.3, -0.25) is 9.48 Å². The second kappa shape index (κ2) is 7.16. The molecule has 0 amide bonds. The van der Waals surface area contributed by atoms with Crippen LogP contribution in [0.15, 0.2) is 17.2 Å². The topological polar surface area (TPSA) is 55.1 Å². The summed E-state index contributed by atoms with van der Waals surface area (Å²) in [5.41, 5.74) is 5.85. The molecule has 1 N–H and O–H groups in total. The van der Waals surface area contributed by atoms with E-state index in [-0.39, 0.29) is 16.9 Å². The van der Waals surface area contributed by atoms with Gasteiger partial charge in [-0.25, -0.2) is 0 Å². The van der Waals surface area contributed by atoms with E-state index in [4.69, 9.17) is 0 Å². The quantitative estimate of drug-likeness (QED) is 0.512. The number of hydrogen-bond acceptors (Lipinski definition) is 3. The molecule has 6 atom stereocenters. The molecule has 0 bridgehead atoms. The lowest BCUT2D eigenvalue weighted by molar-refractivity contribution is -0.130. The molecule has 5 rings (SSSR count). The predicted octanol–water partition coefficient (Wildman–Crippen LogP) is 5.41. The lowest BCUT2D eigenvalue weighted by Gasteiger charge is -2.56. The van der Waals surface area contributed by atoms with Crippen molar-refractivity contribution in [1.29, 1.82) is 0 Å². The molecule has 168 valence electrons. The summed E-state index contributed by atoms with van der Waals surface area (Å²) in [6.07, 6.45) is 11.5. The summed E-state index contributed by atoms with van der Waals surface area (Å²) >= 11 is 0. The van der Waals surface area contributed by atoms with Crippen LogP contribution in [0, 0.1) is 42.4 Å². The van der Waals surface area contributed by atoms with Crippen molar-refractivity contribution in [1.82, 2.24) is 9.78 Å². The number of hydrogen-bond donors (Lipinski definition) is 1. The van der Waals surface area contributed by atoms with E-state index < -0.39 is 0 Å². The molecule has 4 aliphatic carbocycles. The zero-order valence-electron chi connectivity index (χ0n) is 19.9. The van der Waals surface area contributed by atoms with Crippen LogP contribution in [0.4, 0.5) is 0 Å². The first kappa shape index (κ1) is 21.2. The molecule has 3 saturated carbocycles. The summed E-state index contributed by atoms with van der Waals surface area (Å²) in [5, 5.41) is 14.9. The van der Waals surface area contributed by atoms with Crippen LogP contribution < -0.4 is 0 Å². The minimum absolute atomic E-state index is 0.164. The molecule has 1 aromatic heterocycles. The molecule has 0 spiro atoms. The number of carbonyl (C=O) groups excluding carboxylic acids is 1. The van der Waals surface area contributed by atoms with E-state index in [1.54, 1.807) is 0 Å². The van der Waals surface area contributed by atoms with Gasteiger partial charge in [0.05, 0.1) is 11.8 Å². The fourth-order valence-electron chi connectivity index (χ4n) is 7.84. The maximum absolute atomic E-state index is 13.7. The van der Waals surface area contributed by atoms with Crippen LogP contribution in [0.1, 0.15) is 82.7 Å². The van der Waals surface area contributed by atoms with Gasteiger partial charge in [-0.2, -0.15) is 5.10 Å². The summed E-state index contributed by atoms with van der Waals surface area (Å²) in [6.45, 7) is 11.8. The molecule has 4 nitrogen and oxygen atoms in total. The molecule has 4 aliphatic rings. The van der Waals surface area contributed by atoms with Gasteiger partial charge in [0.2, 0.25) is 0 Å². The Morgan fingerprint density at radius 2 is 1.90 bits per heavy atom. The molecular weight excluding hydrogens is 384 g/mol. The highest BCUT2D eigenvalue weighted by atomic mass is 16.3. The van der Waals surface area contributed by atoms with Gasteiger partial charge in [0.15, 0.2) is 5.78 Å². The molecule has 4 heteroatoms. The van der Waals surface area contributed by atoms with Crippen LogP contribution in [0.5, 0.6) is 0 Å². The largest absolute Gasteiger partial charge is 0.393 e. The van der Waals surface area contributed by atoms with Crippen LogP contribution in [-0.2, 0) is 11.3 Å². The second-order valence-corrected chi connectivity index (χ2v) is 11.2. The molecule has 0 radical (unpaired) electrons. The SMILES string of the molecule is CCn1nc(C)c(/C=C2/C[C@H]3[C@H]4CC=C5C[C@H](O)CC[C@]5(C)[C@@H]4CC[C@]3(C)C2=O)c1C. The predicted molar refractivity (Wildman–Crippen MR) is 123 cm³/mol. The smallest absolute Gasteiger partial charge is 0.165 e. The van der Waals surface area contributed by atoms with E-state index in [0.29, 0.717) is 23.5 Å². The number of Topliss-reactive ketones (excluding diaryl/α,β-unsaturated/α-hetero) is 1. The normalized spacial score (nSPS) is 41.0. The molecule has 1 aromatic rings. The summed E-state index contributed by atoms with van der Waals surface area (Å²) < 4.78 is 2.04. The third-order valence-electron chi connectivity index (χ3n) is 9.77. The number of allylic oxidation sites excluding steroid dienone is 2. The Morgan fingerprint density at radius 1 is 1.16 bits per heavy atom. The van der Waals surface area contributed by atoms with Gasteiger partial charge in [0.1, 0.15) is 0 Å². The molecule has 0 aliphatic heterocycles. The minimum atomic E-state index is -0.217. The zero-order valence-corrected chi connectivity index (χ0v) is 19.9. The minimum Gasteiger partial charge on any atom is -0.393 e. The van der Waals surface area contributed by atoms with Crippen LogP contribution >= 0.6 is 0 Å². The van der Waals surface area contributed by atoms with Gasteiger partial charge < -0.3 is 5.11 Å². The molecular formula is C27H38N2O2. The Hall–Kier alpha value is -1.68. The Kier molecular flexibility index (Phi) is 4.89.